The number of hydrogen-bond donors (Lipinski definition) is 3. The Balaban J connectivity index is 2.29. The van der Waals surface area contributed by atoms with Crippen LogP contribution < -0.4 is 9.46 Å². The average Bonchev–Trinajstić information content (AvgIpc) is 2.64. The largest absolute Gasteiger partial charge is 0.495 e. The van der Waals surface area contributed by atoms with Gasteiger partial charge in [0, 0.05) is 12.6 Å². The minimum Gasteiger partial charge on any atom is -0.495 e. The lowest BCUT2D eigenvalue weighted by molar-refractivity contribution is -0.131. The molecule has 0 spiro atoms. The molecule has 0 radical (unpaired) electrons. The maximum Gasteiger partial charge on any atom is 0.335 e. The lowest BCUT2D eigenvalue weighted by Gasteiger charge is -2.12. The van der Waals surface area contributed by atoms with E-state index < -0.39 is 22.0 Å². The molecule has 142 valence electrons. The smallest absolute Gasteiger partial charge is 0.335 e. The van der Waals surface area contributed by atoms with E-state index in [1.807, 2.05) is 0 Å². The summed E-state index contributed by atoms with van der Waals surface area (Å²) in [7, 11) is -2.68. The Hall–Kier alpha value is -3.17. The zero-order valence-electron chi connectivity index (χ0n) is 14.2. The molecule has 2 aromatic rings. The van der Waals surface area contributed by atoms with Crippen molar-refractivity contribution in [3.8, 4) is 5.75 Å². The van der Waals surface area contributed by atoms with Gasteiger partial charge in [-0.2, -0.15) is 0 Å². The lowest BCUT2D eigenvalue weighted by Crippen LogP contribution is -2.24. The van der Waals surface area contributed by atoms with Crippen LogP contribution >= 0.6 is 0 Å². The average molecular weight is 391 g/mol. The SMILES string of the molecule is COc1ccc(C=CC(=O)O)cc1S(=O)(=O)NCc1cccc(C(=O)O)c1. The molecule has 9 heteroatoms. The molecular formula is C18H17NO7S. The molecule has 0 aromatic heterocycles. The number of benzene rings is 2. The summed E-state index contributed by atoms with van der Waals surface area (Å²) in [6, 6.07) is 10.1. The molecule has 0 heterocycles. The van der Waals surface area contributed by atoms with Crippen LogP contribution in [0.15, 0.2) is 53.4 Å². The van der Waals surface area contributed by atoms with Gasteiger partial charge in [-0.1, -0.05) is 18.2 Å². The summed E-state index contributed by atoms with van der Waals surface area (Å²) in [5, 5.41) is 17.7. The number of aromatic carboxylic acids is 1. The molecule has 0 saturated heterocycles. The van der Waals surface area contributed by atoms with Crippen LogP contribution in [0.5, 0.6) is 5.75 Å². The number of ether oxygens (including phenoxy) is 1. The number of carboxylic acids is 2. The second kappa shape index (κ2) is 8.47. The van der Waals surface area contributed by atoms with Crippen molar-refractivity contribution in [2.24, 2.45) is 0 Å². The Morgan fingerprint density at radius 1 is 1.15 bits per heavy atom. The maximum absolute atomic E-state index is 12.6. The zero-order valence-corrected chi connectivity index (χ0v) is 15.1. The van der Waals surface area contributed by atoms with Crippen molar-refractivity contribution in [1.29, 1.82) is 0 Å². The van der Waals surface area contributed by atoms with E-state index in [0.29, 0.717) is 11.1 Å². The summed E-state index contributed by atoms with van der Waals surface area (Å²) in [5.74, 6) is -2.18. The van der Waals surface area contributed by atoms with E-state index in [1.54, 1.807) is 6.07 Å². The highest BCUT2D eigenvalue weighted by Gasteiger charge is 2.20. The number of carboxylic acid groups (broad SMARTS) is 2. The van der Waals surface area contributed by atoms with Crippen LogP contribution in [0.1, 0.15) is 21.5 Å². The first-order valence-corrected chi connectivity index (χ1v) is 9.12. The molecule has 0 amide bonds. The highest BCUT2D eigenvalue weighted by molar-refractivity contribution is 7.89. The van der Waals surface area contributed by atoms with Crippen molar-refractivity contribution >= 4 is 28.0 Å². The van der Waals surface area contributed by atoms with Gasteiger partial charge < -0.3 is 14.9 Å². The second-order valence-electron chi connectivity index (χ2n) is 5.41. The van der Waals surface area contributed by atoms with Gasteiger partial charge in [-0.05, 0) is 41.5 Å². The van der Waals surface area contributed by atoms with Crippen molar-refractivity contribution < 1.29 is 33.0 Å². The standard InChI is InChI=1S/C18H17NO7S/c1-26-15-7-5-12(6-8-17(20)21)10-16(15)27(24,25)19-11-13-3-2-4-14(9-13)18(22)23/h2-10,19H,11H2,1H3,(H,20,21)(H,22,23). The van der Waals surface area contributed by atoms with Crippen LogP contribution in [0.2, 0.25) is 0 Å². The first-order chi connectivity index (χ1) is 12.7. The van der Waals surface area contributed by atoms with Gasteiger partial charge in [0.15, 0.2) is 0 Å². The Morgan fingerprint density at radius 2 is 1.89 bits per heavy atom. The fourth-order valence-electron chi connectivity index (χ4n) is 2.24. The number of hydrogen-bond acceptors (Lipinski definition) is 5. The minimum absolute atomic E-state index is 0.0464. The zero-order chi connectivity index (χ0) is 20.0. The summed E-state index contributed by atoms with van der Waals surface area (Å²) in [6.07, 6.45) is 2.15. The molecular weight excluding hydrogens is 374 g/mol. The monoisotopic (exact) mass is 391 g/mol. The summed E-state index contributed by atoms with van der Waals surface area (Å²) in [5.41, 5.74) is 0.885. The van der Waals surface area contributed by atoms with Crippen LogP contribution in [0.4, 0.5) is 0 Å². The molecule has 0 aliphatic rings. The van der Waals surface area contributed by atoms with Crippen LogP contribution in [0, 0.1) is 0 Å². The first-order valence-electron chi connectivity index (χ1n) is 7.64. The molecule has 0 saturated carbocycles. The Bertz CT molecular complexity index is 997. The number of nitrogens with one attached hydrogen (secondary N) is 1. The summed E-state index contributed by atoms with van der Waals surface area (Å²) >= 11 is 0. The van der Waals surface area contributed by atoms with E-state index >= 15 is 0 Å². The second-order valence-corrected chi connectivity index (χ2v) is 7.15. The third-order valence-electron chi connectivity index (χ3n) is 3.54. The molecule has 27 heavy (non-hydrogen) atoms. The first kappa shape index (κ1) is 20.1. The van der Waals surface area contributed by atoms with Crippen LogP contribution in [0.3, 0.4) is 0 Å². The summed E-state index contributed by atoms with van der Waals surface area (Å²) in [6.45, 7) is -0.123. The third-order valence-corrected chi connectivity index (χ3v) is 4.96. The molecule has 0 unspecified atom stereocenters. The predicted molar refractivity (Wildman–Crippen MR) is 97.1 cm³/mol. The third kappa shape index (κ3) is 5.40. The molecule has 8 nitrogen and oxygen atoms in total. The molecule has 0 atom stereocenters. The van der Waals surface area contributed by atoms with Crippen molar-refractivity contribution in [3.05, 3.63) is 65.2 Å². The molecule has 0 aliphatic heterocycles. The lowest BCUT2D eigenvalue weighted by atomic mass is 10.1. The van der Waals surface area contributed by atoms with Gasteiger partial charge in [0.05, 0.1) is 12.7 Å². The number of methoxy groups -OCH3 is 1. The van der Waals surface area contributed by atoms with Gasteiger partial charge in [0.2, 0.25) is 10.0 Å². The number of rotatable bonds is 8. The number of sulfonamides is 1. The fraction of sp³-hybridized carbons (Fsp3) is 0.111. The highest BCUT2D eigenvalue weighted by atomic mass is 32.2. The maximum atomic E-state index is 12.6. The molecule has 0 fully saturated rings. The van der Waals surface area contributed by atoms with E-state index in [4.69, 9.17) is 14.9 Å². The van der Waals surface area contributed by atoms with E-state index in [1.165, 1.54) is 49.6 Å². The van der Waals surface area contributed by atoms with Crippen molar-refractivity contribution in [3.63, 3.8) is 0 Å². The normalized spacial score (nSPS) is 11.4. The molecule has 3 N–H and O–H groups in total. The van der Waals surface area contributed by atoms with Crippen LogP contribution in [-0.2, 0) is 21.4 Å². The van der Waals surface area contributed by atoms with Gasteiger partial charge in [0.25, 0.3) is 0 Å². The predicted octanol–water partition coefficient (Wildman–Crippen LogP) is 1.97. The number of aliphatic carboxylic acids is 1. The van der Waals surface area contributed by atoms with Crippen molar-refractivity contribution in [1.82, 2.24) is 4.72 Å². The molecule has 2 rings (SSSR count). The minimum atomic E-state index is -4.00. The fourth-order valence-corrected chi connectivity index (χ4v) is 3.46. The van der Waals surface area contributed by atoms with Gasteiger partial charge in [0.1, 0.15) is 10.6 Å². The summed E-state index contributed by atoms with van der Waals surface area (Å²) in [4.78, 5) is 21.5. The molecule has 0 bridgehead atoms. The quantitative estimate of drug-likeness (QED) is 0.587. The van der Waals surface area contributed by atoms with Crippen LogP contribution in [0.25, 0.3) is 6.08 Å². The van der Waals surface area contributed by atoms with Gasteiger partial charge in [-0.15, -0.1) is 0 Å². The van der Waals surface area contributed by atoms with E-state index in [9.17, 15) is 18.0 Å². The van der Waals surface area contributed by atoms with Crippen LogP contribution in [-0.4, -0.2) is 37.7 Å². The van der Waals surface area contributed by atoms with Gasteiger partial charge in [-0.3, -0.25) is 0 Å². The highest BCUT2D eigenvalue weighted by Crippen LogP contribution is 2.25. The van der Waals surface area contributed by atoms with E-state index in [-0.39, 0.29) is 22.8 Å². The van der Waals surface area contributed by atoms with Gasteiger partial charge in [-0.25, -0.2) is 22.7 Å². The topological polar surface area (TPSA) is 130 Å². The summed E-state index contributed by atoms with van der Waals surface area (Å²) < 4.78 is 32.8. The van der Waals surface area contributed by atoms with E-state index in [2.05, 4.69) is 4.72 Å². The molecule has 2 aromatic carbocycles. The van der Waals surface area contributed by atoms with Gasteiger partial charge >= 0.3 is 11.9 Å². The van der Waals surface area contributed by atoms with Crippen molar-refractivity contribution in [2.75, 3.05) is 7.11 Å². The Labute approximate surface area is 155 Å². The Kier molecular flexibility index (Phi) is 6.32. The molecule has 0 aliphatic carbocycles. The Morgan fingerprint density at radius 3 is 2.52 bits per heavy atom. The van der Waals surface area contributed by atoms with Crippen molar-refractivity contribution in [2.45, 2.75) is 11.4 Å². The number of carbonyl (C=O) groups is 2. The van der Waals surface area contributed by atoms with E-state index in [0.717, 1.165) is 6.08 Å².